The summed E-state index contributed by atoms with van der Waals surface area (Å²) < 4.78 is 29.5. The lowest BCUT2D eigenvalue weighted by molar-refractivity contribution is 0.615. The topological polar surface area (TPSA) is 46.1 Å². The first-order chi connectivity index (χ1) is 9.06. The second-order valence-electron chi connectivity index (χ2n) is 4.21. The minimum Gasteiger partial charge on any atom is -0.353 e. The maximum absolute atomic E-state index is 13.4. The highest BCUT2D eigenvalue weighted by Crippen LogP contribution is 2.16. The molecule has 0 aliphatic heterocycles. The Balaban J connectivity index is 1.99. The van der Waals surface area contributed by atoms with Gasteiger partial charge >= 0.3 is 0 Å². The van der Waals surface area contributed by atoms with Crippen LogP contribution in [0.1, 0.15) is 11.4 Å². The molecule has 7 heteroatoms. The van der Waals surface area contributed by atoms with Crippen LogP contribution in [0.2, 0.25) is 0 Å². The van der Waals surface area contributed by atoms with Gasteiger partial charge in [0.1, 0.15) is 5.82 Å². The molecule has 1 aromatic heterocycles. The number of benzene rings is 1. The second-order valence-corrected chi connectivity index (χ2v) is 6.39. The van der Waals surface area contributed by atoms with Gasteiger partial charge in [0.05, 0.1) is 11.5 Å². The normalized spacial score (nSPS) is 12.4. The van der Waals surface area contributed by atoms with Gasteiger partial charge < -0.3 is 4.90 Å². The van der Waals surface area contributed by atoms with Crippen LogP contribution >= 0.6 is 11.5 Å². The monoisotopic (exact) mass is 299 g/mol. The molecule has 0 N–H and O–H groups in total. The number of hydrogen-bond donors (Lipinski definition) is 0. The first kappa shape index (κ1) is 14.1. The summed E-state index contributed by atoms with van der Waals surface area (Å²) in [6.45, 7) is 0. The van der Waals surface area contributed by atoms with Crippen LogP contribution in [0.3, 0.4) is 0 Å². The van der Waals surface area contributed by atoms with Crippen molar-refractivity contribution in [1.82, 2.24) is 9.36 Å². The third-order valence-electron chi connectivity index (χ3n) is 2.40. The first-order valence-electron chi connectivity index (χ1n) is 5.64. The van der Waals surface area contributed by atoms with E-state index >= 15 is 0 Å². The summed E-state index contributed by atoms with van der Waals surface area (Å²) in [6.07, 6.45) is 0. The molecule has 102 valence electrons. The predicted molar refractivity (Wildman–Crippen MR) is 76.2 cm³/mol. The molecule has 1 aromatic carbocycles. The summed E-state index contributed by atoms with van der Waals surface area (Å²) in [7, 11) is 2.54. The van der Waals surface area contributed by atoms with Crippen LogP contribution in [-0.4, -0.2) is 27.7 Å². The van der Waals surface area contributed by atoms with Crippen molar-refractivity contribution in [2.45, 2.75) is 11.5 Å². The molecule has 0 saturated carbocycles. The molecule has 0 unspecified atom stereocenters. The third kappa shape index (κ3) is 3.81. The first-order valence-corrected chi connectivity index (χ1v) is 7.90. The van der Waals surface area contributed by atoms with Gasteiger partial charge in [-0.15, -0.1) is 0 Å². The SMILES string of the molecule is CN(C)c1nc(C[S@@](=O)Cc2ccccc2F)ns1. The van der Waals surface area contributed by atoms with Crippen molar-refractivity contribution in [3.05, 3.63) is 41.5 Å². The zero-order valence-electron chi connectivity index (χ0n) is 10.7. The van der Waals surface area contributed by atoms with Crippen molar-refractivity contribution >= 4 is 27.5 Å². The van der Waals surface area contributed by atoms with Crippen LogP contribution in [0, 0.1) is 5.82 Å². The van der Waals surface area contributed by atoms with Crippen LogP contribution < -0.4 is 4.90 Å². The van der Waals surface area contributed by atoms with Gasteiger partial charge in [0.2, 0.25) is 5.13 Å². The fraction of sp³-hybridized carbons (Fsp3) is 0.333. The number of aromatic nitrogens is 2. The summed E-state index contributed by atoms with van der Waals surface area (Å²) in [6, 6.07) is 6.37. The third-order valence-corrected chi connectivity index (χ3v) is 4.54. The zero-order valence-corrected chi connectivity index (χ0v) is 12.3. The molecular formula is C12H14FN3OS2. The molecule has 1 atom stereocenters. The van der Waals surface area contributed by atoms with Crippen LogP contribution in [0.15, 0.2) is 24.3 Å². The number of hydrogen-bond acceptors (Lipinski definition) is 5. The Bertz CT molecular complexity index is 586. The minimum absolute atomic E-state index is 0.184. The predicted octanol–water partition coefficient (Wildman–Crippen LogP) is 2.19. The molecule has 0 fully saturated rings. The van der Waals surface area contributed by atoms with Gasteiger partial charge in [0, 0.05) is 42.0 Å². The van der Waals surface area contributed by atoms with Crippen molar-refractivity contribution in [1.29, 1.82) is 0 Å². The van der Waals surface area contributed by atoms with E-state index in [-0.39, 0.29) is 17.3 Å². The Labute approximate surface area is 117 Å². The highest BCUT2D eigenvalue weighted by atomic mass is 32.2. The fourth-order valence-corrected chi connectivity index (χ4v) is 3.25. The van der Waals surface area contributed by atoms with E-state index in [0.29, 0.717) is 11.4 Å². The molecule has 2 rings (SSSR count). The average Bonchev–Trinajstić information content (AvgIpc) is 2.80. The van der Waals surface area contributed by atoms with Gasteiger partial charge in [-0.2, -0.15) is 4.37 Å². The highest BCUT2D eigenvalue weighted by Gasteiger charge is 2.11. The van der Waals surface area contributed by atoms with Gasteiger partial charge in [-0.3, -0.25) is 4.21 Å². The van der Waals surface area contributed by atoms with E-state index in [2.05, 4.69) is 9.36 Å². The maximum Gasteiger partial charge on any atom is 0.204 e. The molecule has 0 spiro atoms. The standard InChI is InChI=1S/C12H14FN3OS2/c1-16(2)12-14-11(15-18-12)8-19(17)7-9-5-3-4-6-10(9)13/h3-6H,7-8H2,1-2H3/t19-/m0/s1. The molecule has 1 heterocycles. The average molecular weight is 299 g/mol. The molecule has 2 aromatic rings. The Hall–Kier alpha value is -1.34. The molecule has 0 saturated heterocycles. The lowest BCUT2D eigenvalue weighted by Gasteiger charge is -2.04. The maximum atomic E-state index is 13.4. The summed E-state index contributed by atoms with van der Waals surface area (Å²) in [5.41, 5.74) is 0.462. The van der Waals surface area contributed by atoms with Gasteiger partial charge in [-0.25, -0.2) is 9.37 Å². The van der Waals surface area contributed by atoms with E-state index in [0.717, 1.165) is 5.13 Å². The van der Waals surface area contributed by atoms with E-state index in [9.17, 15) is 8.60 Å². The molecule has 0 amide bonds. The van der Waals surface area contributed by atoms with Crippen molar-refractivity contribution < 1.29 is 8.60 Å². The van der Waals surface area contributed by atoms with E-state index in [1.807, 2.05) is 19.0 Å². The number of rotatable bonds is 5. The number of anilines is 1. The second kappa shape index (κ2) is 6.21. The van der Waals surface area contributed by atoms with Crippen molar-refractivity contribution in [2.75, 3.05) is 19.0 Å². The van der Waals surface area contributed by atoms with Crippen LogP contribution in [-0.2, 0) is 22.3 Å². The van der Waals surface area contributed by atoms with Gasteiger partial charge in [0.15, 0.2) is 5.82 Å². The Morgan fingerprint density at radius 3 is 2.68 bits per heavy atom. The minimum atomic E-state index is -1.21. The number of halogens is 1. The van der Waals surface area contributed by atoms with Gasteiger partial charge in [-0.05, 0) is 6.07 Å². The lowest BCUT2D eigenvalue weighted by Crippen LogP contribution is -2.08. The van der Waals surface area contributed by atoms with E-state index in [1.165, 1.54) is 17.6 Å². The molecule has 0 radical (unpaired) electrons. The van der Waals surface area contributed by atoms with Crippen LogP contribution in [0.5, 0.6) is 0 Å². The summed E-state index contributed by atoms with van der Waals surface area (Å²) in [5, 5.41) is 0.776. The molecule has 19 heavy (non-hydrogen) atoms. The molecule has 0 aliphatic rings. The van der Waals surface area contributed by atoms with Crippen LogP contribution in [0.25, 0.3) is 0 Å². The van der Waals surface area contributed by atoms with Crippen molar-refractivity contribution in [3.63, 3.8) is 0 Å². The summed E-state index contributed by atoms with van der Waals surface area (Å²) in [4.78, 5) is 6.11. The lowest BCUT2D eigenvalue weighted by atomic mass is 10.2. The fourth-order valence-electron chi connectivity index (χ4n) is 1.47. The van der Waals surface area contributed by atoms with Gasteiger partial charge in [-0.1, -0.05) is 18.2 Å². The highest BCUT2D eigenvalue weighted by molar-refractivity contribution is 7.83. The Morgan fingerprint density at radius 2 is 2.05 bits per heavy atom. The quantitative estimate of drug-likeness (QED) is 0.849. The van der Waals surface area contributed by atoms with E-state index < -0.39 is 10.8 Å². The van der Waals surface area contributed by atoms with E-state index in [4.69, 9.17) is 0 Å². The van der Waals surface area contributed by atoms with Crippen molar-refractivity contribution in [2.24, 2.45) is 0 Å². The summed E-state index contributed by atoms with van der Waals surface area (Å²) >= 11 is 1.27. The van der Waals surface area contributed by atoms with Gasteiger partial charge in [0.25, 0.3) is 0 Å². The zero-order chi connectivity index (χ0) is 13.8. The largest absolute Gasteiger partial charge is 0.353 e. The molecule has 0 aliphatic carbocycles. The molecular weight excluding hydrogens is 285 g/mol. The number of nitrogens with zero attached hydrogens (tertiary/aromatic N) is 3. The van der Waals surface area contributed by atoms with Crippen LogP contribution in [0.4, 0.5) is 9.52 Å². The van der Waals surface area contributed by atoms with Crippen molar-refractivity contribution in [3.8, 4) is 0 Å². The Morgan fingerprint density at radius 1 is 1.32 bits per heavy atom. The van der Waals surface area contributed by atoms with E-state index in [1.54, 1.807) is 18.2 Å². The smallest absolute Gasteiger partial charge is 0.204 e. The summed E-state index contributed by atoms with van der Waals surface area (Å²) in [5.74, 6) is 0.654. The Kier molecular flexibility index (Phi) is 4.60. The molecule has 0 bridgehead atoms. The molecule has 4 nitrogen and oxygen atoms in total.